The fourth-order valence-electron chi connectivity index (χ4n) is 3.89. The molecule has 0 atom stereocenters. The average molecular weight is 310 g/mol. The van der Waals surface area contributed by atoms with Crippen LogP contribution in [0.5, 0.6) is 0 Å². The molecule has 2 aliphatic carbocycles. The highest BCUT2D eigenvalue weighted by Crippen LogP contribution is 2.40. The lowest BCUT2D eigenvalue weighted by molar-refractivity contribution is -0.122. The SMILES string of the molecule is CN(CCC(=O)NC1CCCCCCC1)CC1(CO)CCC1. The number of carbonyl (C=O) groups is 1. The molecule has 128 valence electrons. The highest BCUT2D eigenvalue weighted by molar-refractivity contribution is 5.76. The van der Waals surface area contributed by atoms with Gasteiger partial charge in [0.05, 0.1) is 0 Å². The first-order valence-corrected chi connectivity index (χ1v) is 9.22. The Morgan fingerprint density at radius 3 is 2.32 bits per heavy atom. The Morgan fingerprint density at radius 1 is 1.14 bits per heavy atom. The Hall–Kier alpha value is -0.610. The number of hydrogen-bond donors (Lipinski definition) is 2. The van der Waals surface area contributed by atoms with Crippen LogP contribution in [0.1, 0.15) is 70.6 Å². The van der Waals surface area contributed by atoms with Gasteiger partial charge in [-0.15, -0.1) is 0 Å². The van der Waals surface area contributed by atoms with Gasteiger partial charge in [0.2, 0.25) is 5.91 Å². The number of amides is 1. The minimum atomic E-state index is 0.116. The molecule has 0 bridgehead atoms. The number of nitrogens with one attached hydrogen (secondary N) is 1. The van der Waals surface area contributed by atoms with Crippen LogP contribution >= 0.6 is 0 Å². The topological polar surface area (TPSA) is 52.6 Å². The predicted molar refractivity (Wildman–Crippen MR) is 89.7 cm³/mol. The van der Waals surface area contributed by atoms with Crippen molar-refractivity contribution in [1.82, 2.24) is 10.2 Å². The van der Waals surface area contributed by atoms with E-state index in [1.165, 1.54) is 38.5 Å². The van der Waals surface area contributed by atoms with E-state index in [1.54, 1.807) is 0 Å². The first-order chi connectivity index (χ1) is 10.6. The van der Waals surface area contributed by atoms with Gasteiger partial charge in [0.25, 0.3) is 0 Å². The zero-order chi connectivity index (χ0) is 15.8. The van der Waals surface area contributed by atoms with E-state index in [4.69, 9.17) is 0 Å². The fraction of sp³-hybridized carbons (Fsp3) is 0.944. The lowest BCUT2D eigenvalue weighted by Crippen LogP contribution is -2.44. The van der Waals surface area contributed by atoms with Gasteiger partial charge in [0.15, 0.2) is 0 Å². The zero-order valence-electron chi connectivity index (χ0n) is 14.3. The molecule has 2 fully saturated rings. The first-order valence-electron chi connectivity index (χ1n) is 9.22. The van der Waals surface area contributed by atoms with Crippen molar-refractivity contribution in [3.05, 3.63) is 0 Å². The van der Waals surface area contributed by atoms with Gasteiger partial charge in [0, 0.05) is 37.6 Å². The maximum absolute atomic E-state index is 12.1. The van der Waals surface area contributed by atoms with Crippen molar-refractivity contribution in [3.8, 4) is 0 Å². The van der Waals surface area contributed by atoms with E-state index in [2.05, 4.69) is 17.3 Å². The molecule has 0 aromatic carbocycles. The van der Waals surface area contributed by atoms with Crippen molar-refractivity contribution in [1.29, 1.82) is 0 Å². The molecular formula is C18H34N2O2. The molecule has 0 saturated heterocycles. The van der Waals surface area contributed by atoms with E-state index < -0.39 is 0 Å². The van der Waals surface area contributed by atoms with Crippen molar-refractivity contribution in [2.45, 2.75) is 76.7 Å². The van der Waals surface area contributed by atoms with Gasteiger partial charge in [-0.05, 0) is 32.7 Å². The van der Waals surface area contributed by atoms with E-state index in [1.807, 2.05) is 0 Å². The second-order valence-corrected chi connectivity index (χ2v) is 7.61. The zero-order valence-corrected chi connectivity index (χ0v) is 14.3. The average Bonchev–Trinajstić information content (AvgIpc) is 2.43. The normalized spacial score (nSPS) is 22.7. The van der Waals surface area contributed by atoms with Crippen LogP contribution in [0, 0.1) is 5.41 Å². The van der Waals surface area contributed by atoms with E-state index in [-0.39, 0.29) is 17.9 Å². The summed E-state index contributed by atoms with van der Waals surface area (Å²) >= 11 is 0. The largest absolute Gasteiger partial charge is 0.396 e. The molecule has 2 aliphatic rings. The van der Waals surface area contributed by atoms with Crippen LogP contribution in [-0.2, 0) is 4.79 Å². The van der Waals surface area contributed by atoms with Crippen LogP contribution in [0.15, 0.2) is 0 Å². The minimum Gasteiger partial charge on any atom is -0.396 e. The molecule has 4 heteroatoms. The Balaban J connectivity index is 1.63. The second-order valence-electron chi connectivity index (χ2n) is 7.61. The van der Waals surface area contributed by atoms with Crippen molar-refractivity contribution < 1.29 is 9.90 Å². The lowest BCUT2D eigenvalue weighted by atomic mass is 9.69. The summed E-state index contributed by atoms with van der Waals surface area (Å²) in [6.45, 7) is 1.99. The molecule has 0 spiro atoms. The Morgan fingerprint density at radius 2 is 1.77 bits per heavy atom. The molecule has 2 saturated carbocycles. The van der Waals surface area contributed by atoms with Crippen molar-refractivity contribution in [3.63, 3.8) is 0 Å². The highest BCUT2D eigenvalue weighted by Gasteiger charge is 2.37. The van der Waals surface area contributed by atoms with Crippen LogP contribution in [0.4, 0.5) is 0 Å². The van der Waals surface area contributed by atoms with Crippen LogP contribution in [-0.4, -0.2) is 48.7 Å². The first kappa shape index (κ1) is 17.7. The number of nitrogens with zero attached hydrogens (tertiary/aromatic N) is 1. The van der Waals surface area contributed by atoms with Gasteiger partial charge in [-0.2, -0.15) is 0 Å². The number of aliphatic hydroxyl groups excluding tert-OH is 1. The third-order valence-corrected chi connectivity index (χ3v) is 5.55. The maximum atomic E-state index is 12.1. The third kappa shape index (κ3) is 5.54. The predicted octanol–water partition coefficient (Wildman–Crippen LogP) is 2.70. The third-order valence-electron chi connectivity index (χ3n) is 5.55. The van der Waals surface area contributed by atoms with E-state index in [0.717, 1.165) is 38.8 Å². The molecule has 22 heavy (non-hydrogen) atoms. The van der Waals surface area contributed by atoms with Gasteiger partial charge >= 0.3 is 0 Å². The molecule has 2 N–H and O–H groups in total. The van der Waals surface area contributed by atoms with Crippen molar-refractivity contribution in [2.24, 2.45) is 5.41 Å². The van der Waals surface area contributed by atoms with E-state index in [0.29, 0.717) is 12.5 Å². The summed E-state index contributed by atoms with van der Waals surface area (Å²) in [6, 6.07) is 0.397. The lowest BCUT2D eigenvalue weighted by Gasteiger charge is -2.43. The molecule has 0 radical (unpaired) electrons. The number of hydrogen-bond acceptors (Lipinski definition) is 3. The summed E-state index contributed by atoms with van der Waals surface area (Å²) in [5.41, 5.74) is 0.116. The minimum absolute atomic E-state index is 0.116. The molecule has 0 aliphatic heterocycles. The fourth-order valence-corrected chi connectivity index (χ4v) is 3.89. The van der Waals surface area contributed by atoms with Crippen LogP contribution < -0.4 is 5.32 Å². The molecular weight excluding hydrogens is 276 g/mol. The summed E-state index contributed by atoms with van der Waals surface area (Å²) in [5, 5.41) is 12.8. The summed E-state index contributed by atoms with van der Waals surface area (Å²) in [7, 11) is 2.07. The molecule has 0 aromatic rings. The van der Waals surface area contributed by atoms with E-state index in [9.17, 15) is 9.90 Å². The number of aliphatic hydroxyl groups is 1. The smallest absolute Gasteiger partial charge is 0.221 e. The molecule has 0 unspecified atom stereocenters. The quantitative estimate of drug-likeness (QED) is 0.760. The Bertz CT molecular complexity index is 328. The van der Waals surface area contributed by atoms with Gasteiger partial charge in [0.1, 0.15) is 0 Å². The van der Waals surface area contributed by atoms with Crippen LogP contribution in [0.3, 0.4) is 0 Å². The summed E-state index contributed by atoms with van der Waals surface area (Å²) < 4.78 is 0. The van der Waals surface area contributed by atoms with Gasteiger partial charge < -0.3 is 15.3 Å². The van der Waals surface area contributed by atoms with Gasteiger partial charge in [-0.1, -0.05) is 38.5 Å². The summed E-state index contributed by atoms with van der Waals surface area (Å²) in [6.07, 6.45) is 12.9. The van der Waals surface area contributed by atoms with Crippen LogP contribution in [0.25, 0.3) is 0 Å². The van der Waals surface area contributed by atoms with Crippen molar-refractivity contribution in [2.75, 3.05) is 26.7 Å². The molecule has 2 rings (SSSR count). The standard InChI is InChI=1S/C18H34N2O2/c1-20(14-18(15-21)11-7-12-18)13-10-17(22)19-16-8-5-3-2-4-6-9-16/h16,21H,2-15H2,1H3,(H,19,22). The summed E-state index contributed by atoms with van der Waals surface area (Å²) in [5.74, 6) is 0.198. The molecule has 0 heterocycles. The summed E-state index contributed by atoms with van der Waals surface area (Å²) in [4.78, 5) is 14.4. The second kappa shape index (κ2) is 8.88. The Kier molecular flexibility index (Phi) is 7.16. The number of carbonyl (C=O) groups excluding carboxylic acids is 1. The maximum Gasteiger partial charge on any atom is 0.221 e. The number of rotatable bonds is 7. The van der Waals surface area contributed by atoms with Crippen molar-refractivity contribution >= 4 is 5.91 Å². The highest BCUT2D eigenvalue weighted by atomic mass is 16.3. The monoisotopic (exact) mass is 310 g/mol. The molecule has 4 nitrogen and oxygen atoms in total. The van der Waals surface area contributed by atoms with Crippen LogP contribution in [0.2, 0.25) is 0 Å². The Labute approximate surface area is 135 Å². The molecule has 1 amide bonds. The molecule has 0 aromatic heterocycles. The van der Waals surface area contributed by atoms with Gasteiger partial charge in [-0.25, -0.2) is 0 Å². The van der Waals surface area contributed by atoms with E-state index >= 15 is 0 Å². The van der Waals surface area contributed by atoms with Gasteiger partial charge in [-0.3, -0.25) is 4.79 Å².